The van der Waals surface area contributed by atoms with Crippen LogP contribution in [0.2, 0.25) is 0 Å². The van der Waals surface area contributed by atoms with Crippen LogP contribution in [0.3, 0.4) is 0 Å². The minimum Gasteiger partial charge on any atom is -0.465 e. The summed E-state index contributed by atoms with van der Waals surface area (Å²) in [4.78, 5) is 23.9. The Morgan fingerprint density at radius 2 is 2.32 bits per heavy atom. The lowest BCUT2D eigenvalue weighted by molar-refractivity contribution is -0.118. The number of amides is 2. The van der Waals surface area contributed by atoms with E-state index in [1.807, 2.05) is 0 Å². The molecule has 0 unspecified atom stereocenters. The van der Waals surface area contributed by atoms with Crippen LogP contribution in [-0.4, -0.2) is 29.6 Å². The highest BCUT2D eigenvalue weighted by Crippen LogP contribution is 2.25. The van der Waals surface area contributed by atoms with Gasteiger partial charge in [0.1, 0.15) is 10.8 Å². The van der Waals surface area contributed by atoms with Crippen molar-refractivity contribution >= 4 is 28.2 Å². The van der Waals surface area contributed by atoms with Gasteiger partial charge in [-0.25, -0.2) is 0 Å². The molecule has 0 aliphatic heterocycles. The fourth-order valence-electron chi connectivity index (χ4n) is 1.79. The Bertz CT molecular complexity index is 690. The van der Waals surface area contributed by atoms with Crippen LogP contribution in [0.4, 0.5) is 5.00 Å². The van der Waals surface area contributed by atoms with Crippen molar-refractivity contribution < 1.29 is 18.8 Å². The molecule has 3 rings (SSSR count). The Hall–Kier alpha value is -2.35. The second-order valence-corrected chi connectivity index (χ2v) is 5.94. The molecule has 1 fully saturated rings. The number of hydrogen-bond acceptors (Lipinski definition) is 6. The van der Waals surface area contributed by atoms with Gasteiger partial charge in [-0.1, -0.05) is 0 Å². The predicted octanol–water partition coefficient (Wildman–Crippen LogP) is 1.95. The van der Waals surface area contributed by atoms with Crippen molar-refractivity contribution in [2.75, 3.05) is 11.9 Å². The predicted molar refractivity (Wildman–Crippen MR) is 80.2 cm³/mol. The summed E-state index contributed by atoms with van der Waals surface area (Å²) in [6, 6.07) is 3.56. The molecule has 2 N–H and O–H groups in total. The summed E-state index contributed by atoms with van der Waals surface area (Å²) in [7, 11) is 0. The maximum atomic E-state index is 12.0. The zero-order chi connectivity index (χ0) is 15.5. The van der Waals surface area contributed by atoms with Crippen LogP contribution in [0.15, 0.2) is 22.0 Å². The first-order valence-corrected chi connectivity index (χ1v) is 7.74. The normalized spacial score (nSPS) is 13.7. The van der Waals surface area contributed by atoms with Crippen molar-refractivity contribution in [2.24, 2.45) is 0 Å². The van der Waals surface area contributed by atoms with Gasteiger partial charge in [-0.15, -0.1) is 11.3 Å². The number of carbonyl (C=O) groups is 2. The molecule has 2 heterocycles. The van der Waals surface area contributed by atoms with Crippen molar-refractivity contribution in [3.05, 3.63) is 28.8 Å². The van der Waals surface area contributed by atoms with Crippen LogP contribution in [0.5, 0.6) is 5.88 Å². The average molecular weight is 321 g/mol. The number of ether oxygens (including phenoxy) is 1. The largest absolute Gasteiger partial charge is 0.465 e. The lowest BCUT2D eigenvalue weighted by Crippen LogP contribution is -2.27. The Morgan fingerprint density at radius 1 is 1.50 bits per heavy atom. The van der Waals surface area contributed by atoms with E-state index in [1.54, 1.807) is 24.4 Å². The Balaban J connectivity index is 1.54. The van der Waals surface area contributed by atoms with E-state index < -0.39 is 0 Å². The second-order valence-electron chi connectivity index (χ2n) is 5.02. The van der Waals surface area contributed by atoms with Crippen molar-refractivity contribution in [1.29, 1.82) is 0 Å². The standard InChI is InChI=1S/C14H15N3O4S/c1-8-6-12(17-21-8)20-7-11(18)16-14-10(4-5-22-14)13(19)15-9-2-3-9/h4-6,9H,2-3,7H2,1H3,(H,15,19)(H,16,18). The molecule has 1 saturated carbocycles. The number of aryl methyl sites for hydroxylation is 1. The fraction of sp³-hybridized carbons (Fsp3) is 0.357. The van der Waals surface area contributed by atoms with Gasteiger partial charge in [0.25, 0.3) is 17.7 Å². The van der Waals surface area contributed by atoms with Crippen LogP contribution in [0.25, 0.3) is 0 Å². The molecule has 116 valence electrons. The van der Waals surface area contributed by atoms with E-state index >= 15 is 0 Å². The molecule has 0 radical (unpaired) electrons. The first-order chi connectivity index (χ1) is 10.6. The number of aromatic nitrogens is 1. The van der Waals surface area contributed by atoms with Gasteiger partial charge < -0.3 is 19.9 Å². The minimum absolute atomic E-state index is 0.160. The van der Waals surface area contributed by atoms with Crippen LogP contribution in [0.1, 0.15) is 29.0 Å². The zero-order valence-corrected chi connectivity index (χ0v) is 12.7. The van der Waals surface area contributed by atoms with E-state index in [1.165, 1.54) is 11.3 Å². The quantitative estimate of drug-likeness (QED) is 0.848. The summed E-state index contributed by atoms with van der Waals surface area (Å²) in [5.41, 5.74) is 0.475. The van der Waals surface area contributed by atoms with E-state index in [0.29, 0.717) is 16.3 Å². The van der Waals surface area contributed by atoms with E-state index in [0.717, 1.165) is 12.8 Å². The molecule has 0 saturated heterocycles. The smallest absolute Gasteiger partial charge is 0.262 e. The number of hydrogen-bond donors (Lipinski definition) is 2. The SMILES string of the molecule is Cc1cc(OCC(=O)Nc2sccc2C(=O)NC2CC2)no1. The van der Waals surface area contributed by atoms with Crippen LogP contribution >= 0.6 is 11.3 Å². The van der Waals surface area contributed by atoms with Crippen LogP contribution in [0, 0.1) is 6.92 Å². The lowest BCUT2D eigenvalue weighted by atomic mass is 10.3. The highest BCUT2D eigenvalue weighted by atomic mass is 32.1. The molecule has 2 aromatic heterocycles. The van der Waals surface area contributed by atoms with Gasteiger partial charge in [0.05, 0.1) is 5.56 Å². The number of carbonyl (C=O) groups excluding carboxylic acids is 2. The molecule has 0 spiro atoms. The van der Waals surface area contributed by atoms with Crippen molar-refractivity contribution in [2.45, 2.75) is 25.8 Å². The maximum absolute atomic E-state index is 12.0. The summed E-state index contributed by atoms with van der Waals surface area (Å²) in [6.45, 7) is 1.53. The molecule has 22 heavy (non-hydrogen) atoms. The highest BCUT2D eigenvalue weighted by molar-refractivity contribution is 7.14. The molecule has 1 aliphatic rings. The van der Waals surface area contributed by atoms with Gasteiger partial charge in [-0.3, -0.25) is 9.59 Å². The van der Waals surface area contributed by atoms with Gasteiger partial charge in [0.2, 0.25) is 0 Å². The van der Waals surface area contributed by atoms with Gasteiger partial charge in [0, 0.05) is 12.1 Å². The molecule has 7 nitrogen and oxygen atoms in total. The molecular formula is C14H15N3O4S. The Kier molecular flexibility index (Phi) is 4.10. The van der Waals surface area contributed by atoms with Gasteiger partial charge in [-0.2, -0.15) is 0 Å². The molecule has 0 aromatic carbocycles. The van der Waals surface area contributed by atoms with E-state index in [2.05, 4.69) is 15.8 Å². The highest BCUT2D eigenvalue weighted by Gasteiger charge is 2.25. The summed E-state index contributed by atoms with van der Waals surface area (Å²) in [6.07, 6.45) is 2.03. The van der Waals surface area contributed by atoms with Crippen molar-refractivity contribution in [3.63, 3.8) is 0 Å². The average Bonchev–Trinajstić information content (AvgIpc) is 3.00. The Labute approximate surface area is 130 Å². The molecule has 2 aromatic rings. The summed E-state index contributed by atoms with van der Waals surface area (Å²) in [5.74, 6) is 0.342. The molecule has 2 amide bonds. The third-order valence-electron chi connectivity index (χ3n) is 3.03. The van der Waals surface area contributed by atoms with E-state index in [-0.39, 0.29) is 30.3 Å². The molecule has 1 aliphatic carbocycles. The number of anilines is 1. The first kappa shape index (κ1) is 14.6. The molecular weight excluding hydrogens is 306 g/mol. The van der Waals surface area contributed by atoms with E-state index in [9.17, 15) is 9.59 Å². The first-order valence-electron chi connectivity index (χ1n) is 6.86. The van der Waals surface area contributed by atoms with Crippen LogP contribution < -0.4 is 15.4 Å². The van der Waals surface area contributed by atoms with E-state index in [4.69, 9.17) is 9.26 Å². The topological polar surface area (TPSA) is 93.5 Å². The number of nitrogens with one attached hydrogen (secondary N) is 2. The van der Waals surface area contributed by atoms with Crippen LogP contribution in [-0.2, 0) is 4.79 Å². The van der Waals surface area contributed by atoms with Gasteiger partial charge in [0.15, 0.2) is 6.61 Å². The molecule has 8 heteroatoms. The van der Waals surface area contributed by atoms with Crippen molar-refractivity contribution in [3.8, 4) is 5.88 Å². The van der Waals surface area contributed by atoms with Gasteiger partial charge >= 0.3 is 0 Å². The third-order valence-corrected chi connectivity index (χ3v) is 3.86. The summed E-state index contributed by atoms with van der Waals surface area (Å²) < 4.78 is 10.0. The second kappa shape index (κ2) is 6.18. The monoisotopic (exact) mass is 321 g/mol. The fourth-order valence-corrected chi connectivity index (χ4v) is 2.59. The number of thiophene rings is 1. The lowest BCUT2D eigenvalue weighted by Gasteiger charge is -2.07. The molecule has 0 atom stereocenters. The maximum Gasteiger partial charge on any atom is 0.262 e. The van der Waals surface area contributed by atoms with Gasteiger partial charge in [-0.05, 0) is 36.4 Å². The number of rotatable bonds is 6. The Morgan fingerprint density at radius 3 is 3.00 bits per heavy atom. The third kappa shape index (κ3) is 3.64. The zero-order valence-electron chi connectivity index (χ0n) is 11.9. The molecule has 0 bridgehead atoms. The summed E-state index contributed by atoms with van der Waals surface area (Å²) in [5, 5.41) is 11.5. The minimum atomic E-state index is -0.358. The summed E-state index contributed by atoms with van der Waals surface area (Å²) >= 11 is 1.30. The number of nitrogens with zero attached hydrogens (tertiary/aromatic N) is 1. The van der Waals surface area contributed by atoms with Crippen molar-refractivity contribution in [1.82, 2.24) is 10.5 Å².